The first kappa shape index (κ1) is 31.6. The molecule has 12 heteroatoms. The molecule has 1 N–H and O–H groups in total. The van der Waals surface area contributed by atoms with E-state index in [1.807, 2.05) is 26.8 Å². The van der Waals surface area contributed by atoms with Crippen molar-refractivity contribution in [3.05, 3.63) is 23.5 Å². The van der Waals surface area contributed by atoms with E-state index in [2.05, 4.69) is 15.3 Å². The Hall–Kier alpha value is -2.47. The first-order valence-corrected chi connectivity index (χ1v) is 11.9. The van der Waals surface area contributed by atoms with Crippen LogP contribution in [-0.2, 0) is 23.2 Å². The Morgan fingerprint density at radius 3 is 2.53 bits per heavy atom. The molecule has 0 spiro atoms. The number of carboxylic acid groups (broad SMARTS) is 1. The number of aliphatic carboxylic acids is 1. The average molecular weight is 542 g/mol. The molecule has 1 fully saturated rings. The molecule has 202 valence electrons. The van der Waals surface area contributed by atoms with Gasteiger partial charge in [0.05, 0.1) is 23.4 Å². The molecular weight excluding hydrogens is 502 g/mol. The lowest BCUT2D eigenvalue weighted by Crippen LogP contribution is -2.36. The third kappa shape index (κ3) is 7.52. The standard InChI is InChI=1S/C24H35N5O5.2H2S/c1-6-17(7-2)28(4)24(32)33-14-20-22(26-27-29(20)5)19-11-12-21(15(3)25-19)34-18-10-8-9-16(13-18)23(30)31;;/h11-12,16-18H,6-10,13-14H2,1-5H3,(H,30,31);2*1H2/t16-,18-;;/m0../s1. The monoisotopic (exact) mass is 541 g/mol. The van der Waals surface area contributed by atoms with E-state index in [9.17, 15) is 14.7 Å². The van der Waals surface area contributed by atoms with Crippen LogP contribution < -0.4 is 4.74 Å². The predicted molar refractivity (Wildman–Crippen MR) is 146 cm³/mol. The van der Waals surface area contributed by atoms with Crippen LogP contribution in [0.5, 0.6) is 5.75 Å². The van der Waals surface area contributed by atoms with Gasteiger partial charge >= 0.3 is 12.1 Å². The summed E-state index contributed by atoms with van der Waals surface area (Å²) in [7, 11) is 3.49. The maximum atomic E-state index is 12.5. The second-order valence-electron chi connectivity index (χ2n) is 8.87. The number of hydrogen-bond donors (Lipinski definition) is 1. The summed E-state index contributed by atoms with van der Waals surface area (Å²) in [5, 5.41) is 17.6. The van der Waals surface area contributed by atoms with Crippen molar-refractivity contribution in [2.75, 3.05) is 7.05 Å². The first-order chi connectivity index (χ1) is 16.2. The molecule has 0 unspecified atom stereocenters. The number of nitrogens with zero attached hydrogens (tertiary/aromatic N) is 5. The van der Waals surface area contributed by atoms with Gasteiger partial charge in [0.1, 0.15) is 23.7 Å². The van der Waals surface area contributed by atoms with Crippen LogP contribution in [0.4, 0.5) is 4.79 Å². The second kappa shape index (κ2) is 14.3. The first-order valence-electron chi connectivity index (χ1n) is 11.9. The molecule has 1 saturated carbocycles. The maximum Gasteiger partial charge on any atom is 0.410 e. The van der Waals surface area contributed by atoms with E-state index in [1.54, 1.807) is 29.7 Å². The largest absolute Gasteiger partial charge is 0.489 e. The van der Waals surface area contributed by atoms with Crippen LogP contribution in [0.15, 0.2) is 12.1 Å². The van der Waals surface area contributed by atoms with E-state index in [-0.39, 0.29) is 57.8 Å². The highest BCUT2D eigenvalue weighted by molar-refractivity contribution is 7.59. The average Bonchev–Trinajstić information content (AvgIpc) is 3.19. The van der Waals surface area contributed by atoms with Crippen LogP contribution in [0.3, 0.4) is 0 Å². The molecule has 2 aromatic heterocycles. The summed E-state index contributed by atoms with van der Waals surface area (Å²) in [6.45, 7) is 5.96. The van der Waals surface area contributed by atoms with Crippen molar-refractivity contribution in [2.45, 2.75) is 78.0 Å². The van der Waals surface area contributed by atoms with Crippen LogP contribution in [0, 0.1) is 12.8 Å². The number of rotatable bonds is 9. The summed E-state index contributed by atoms with van der Waals surface area (Å²) in [5.41, 5.74) is 2.46. The molecule has 2 aromatic rings. The van der Waals surface area contributed by atoms with Crippen molar-refractivity contribution < 1.29 is 24.2 Å². The molecule has 10 nitrogen and oxygen atoms in total. The van der Waals surface area contributed by atoms with Gasteiger partial charge in [0.25, 0.3) is 0 Å². The molecule has 1 amide bonds. The number of amides is 1. The lowest BCUT2D eigenvalue weighted by atomic mass is 9.87. The molecule has 36 heavy (non-hydrogen) atoms. The SMILES string of the molecule is CCC(CC)N(C)C(=O)OCc1c(-c2ccc(O[C@H]3CCC[C@H](C(=O)O)C3)c(C)n2)nnn1C.S.S. The van der Waals surface area contributed by atoms with E-state index in [4.69, 9.17) is 9.47 Å². The minimum Gasteiger partial charge on any atom is -0.489 e. The van der Waals surface area contributed by atoms with Crippen molar-refractivity contribution in [3.8, 4) is 17.1 Å². The topological polar surface area (TPSA) is 120 Å². The lowest BCUT2D eigenvalue weighted by Gasteiger charge is -2.27. The molecule has 0 bridgehead atoms. The van der Waals surface area contributed by atoms with Crippen molar-refractivity contribution in [2.24, 2.45) is 13.0 Å². The molecule has 0 aromatic carbocycles. The summed E-state index contributed by atoms with van der Waals surface area (Å²) < 4.78 is 13.2. The fourth-order valence-electron chi connectivity index (χ4n) is 4.42. The van der Waals surface area contributed by atoms with Crippen molar-refractivity contribution in [1.82, 2.24) is 24.9 Å². The van der Waals surface area contributed by atoms with Gasteiger partial charge in [0.15, 0.2) is 0 Å². The molecule has 1 aliphatic carbocycles. The van der Waals surface area contributed by atoms with Crippen molar-refractivity contribution >= 4 is 39.1 Å². The van der Waals surface area contributed by atoms with Gasteiger partial charge in [-0.15, -0.1) is 5.10 Å². The van der Waals surface area contributed by atoms with Gasteiger partial charge in [-0.25, -0.2) is 14.5 Å². The number of aryl methyl sites for hydroxylation is 2. The smallest absolute Gasteiger partial charge is 0.410 e. The molecule has 0 saturated heterocycles. The number of carboxylic acids is 1. The van der Waals surface area contributed by atoms with E-state index < -0.39 is 5.97 Å². The third-order valence-corrected chi connectivity index (χ3v) is 6.60. The second-order valence-corrected chi connectivity index (χ2v) is 8.87. The maximum absolute atomic E-state index is 12.5. The Bertz CT molecular complexity index is 1010. The number of pyridine rings is 1. The molecule has 2 heterocycles. The van der Waals surface area contributed by atoms with Gasteiger partial charge in [-0.05, 0) is 57.6 Å². The number of carbonyl (C=O) groups excluding carboxylic acids is 1. The van der Waals surface area contributed by atoms with Crippen molar-refractivity contribution in [3.63, 3.8) is 0 Å². The number of ether oxygens (including phenoxy) is 2. The van der Waals surface area contributed by atoms with Gasteiger partial charge in [-0.1, -0.05) is 19.1 Å². The summed E-state index contributed by atoms with van der Waals surface area (Å²) in [6.07, 6.45) is 4.04. The van der Waals surface area contributed by atoms with Gasteiger partial charge in [0.2, 0.25) is 0 Å². The molecular formula is C24H39N5O5S2. The zero-order valence-electron chi connectivity index (χ0n) is 21.7. The summed E-state index contributed by atoms with van der Waals surface area (Å²) in [6, 6.07) is 3.75. The van der Waals surface area contributed by atoms with Crippen LogP contribution in [-0.4, -0.2) is 61.2 Å². The minimum atomic E-state index is -0.763. The quantitative estimate of drug-likeness (QED) is 0.502. The van der Waals surface area contributed by atoms with Crippen LogP contribution in [0.1, 0.15) is 63.8 Å². The normalized spacial score (nSPS) is 17.1. The van der Waals surface area contributed by atoms with Gasteiger partial charge in [-0.3, -0.25) is 4.79 Å². The molecule has 0 radical (unpaired) electrons. The van der Waals surface area contributed by atoms with Gasteiger partial charge in [-0.2, -0.15) is 27.0 Å². The third-order valence-electron chi connectivity index (χ3n) is 6.60. The lowest BCUT2D eigenvalue weighted by molar-refractivity contribution is -0.143. The Labute approximate surface area is 226 Å². The summed E-state index contributed by atoms with van der Waals surface area (Å²) in [4.78, 5) is 30.1. The highest BCUT2D eigenvalue weighted by atomic mass is 32.1. The number of hydrogen-bond acceptors (Lipinski definition) is 7. The van der Waals surface area contributed by atoms with E-state index in [0.29, 0.717) is 41.4 Å². The summed E-state index contributed by atoms with van der Waals surface area (Å²) >= 11 is 0. The Kier molecular flexibility index (Phi) is 12.5. The zero-order chi connectivity index (χ0) is 24.8. The Morgan fingerprint density at radius 2 is 1.92 bits per heavy atom. The Balaban J connectivity index is 0.00000324. The van der Waals surface area contributed by atoms with Crippen LogP contribution >= 0.6 is 27.0 Å². The van der Waals surface area contributed by atoms with E-state index >= 15 is 0 Å². The van der Waals surface area contributed by atoms with Crippen molar-refractivity contribution in [1.29, 1.82) is 0 Å². The fourth-order valence-corrected chi connectivity index (χ4v) is 4.42. The van der Waals surface area contributed by atoms with E-state index in [1.165, 1.54) is 0 Å². The Morgan fingerprint density at radius 1 is 1.22 bits per heavy atom. The highest BCUT2D eigenvalue weighted by Gasteiger charge is 2.28. The van der Waals surface area contributed by atoms with Crippen LogP contribution in [0.2, 0.25) is 0 Å². The van der Waals surface area contributed by atoms with Gasteiger partial charge < -0.3 is 19.5 Å². The molecule has 3 rings (SSSR count). The zero-order valence-corrected chi connectivity index (χ0v) is 23.7. The molecule has 1 aliphatic rings. The minimum absolute atomic E-state index is 0. The fraction of sp³-hybridized carbons (Fsp3) is 0.625. The number of aromatic nitrogens is 4. The van der Waals surface area contributed by atoms with Crippen LogP contribution in [0.25, 0.3) is 11.4 Å². The molecule has 0 aliphatic heterocycles. The predicted octanol–water partition coefficient (Wildman–Crippen LogP) is 4.19. The molecule has 2 atom stereocenters. The van der Waals surface area contributed by atoms with Gasteiger partial charge in [0, 0.05) is 20.1 Å². The summed E-state index contributed by atoms with van der Waals surface area (Å²) in [5.74, 6) is -0.496. The highest BCUT2D eigenvalue weighted by Crippen LogP contribution is 2.30. The van der Waals surface area contributed by atoms with E-state index in [0.717, 1.165) is 25.7 Å². The number of carbonyl (C=O) groups is 2.